The van der Waals surface area contributed by atoms with Crippen molar-refractivity contribution in [2.75, 3.05) is 5.73 Å². The van der Waals surface area contributed by atoms with Crippen LogP contribution in [0.25, 0.3) is 0 Å². The van der Waals surface area contributed by atoms with Gasteiger partial charge >= 0.3 is 0 Å². The van der Waals surface area contributed by atoms with Crippen molar-refractivity contribution in [3.05, 3.63) is 28.2 Å². The molecule has 66 valence electrons. The highest BCUT2D eigenvalue weighted by atomic mass is 16.1. The number of pyridine rings is 1. The molecular weight excluding hydrogens is 154 g/mol. The minimum absolute atomic E-state index is 0.0866. The lowest BCUT2D eigenvalue weighted by Gasteiger charge is -2.13. The number of nitrogens with zero attached hydrogens (tertiary/aromatic N) is 1. The summed E-state index contributed by atoms with van der Waals surface area (Å²) >= 11 is 0. The summed E-state index contributed by atoms with van der Waals surface area (Å²) in [6, 6.07) is 2.80. The molecule has 1 aromatic heterocycles. The third kappa shape index (κ3) is 1.33. The summed E-state index contributed by atoms with van der Waals surface area (Å²) in [5, 5.41) is 0. The average Bonchev–Trinajstić information content (AvgIpc) is 1.97. The fourth-order valence-electron chi connectivity index (χ4n) is 1.24. The van der Waals surface area contributed by atoms with Crippen LogP contribution in [0.15, 0.2) is 16.9 Å². The highest BCUT2D eigenvalue weighted by Crippen LogP contribution is 2.14. The van der Waals surface area contributed by atoms with Gasteiger partial charge in [-0.3, -0.25) is 4.79 Å². The van der Waals surface area contributed by atoms with E-state index in [0.717, 1.165) is 0 Å². The molecule has 0 bridgehead atoms. The molecule has 4 N–H and O–H groups in total. The lowest BCUT2D eigenvalue weighted by molar-refractivity contribution is 0.690. The van der Waals surface area contributed by atoms with E-state index in [2.05, 4.69) is 0 Å². The predicted octanol–water partition coefficient (Wildman–Crippen LogP) is -0.0128. The lowest BCUT2D eigenvalue weighted by atomic mass is 10.2. The van der Waals surface area contributed by atoms with Crippen LogP contribution in [0.1, 0.15) is 18.7 Å². The Morgan fingerprint density at radius 2 is 2.08 bits per heavy atom. The summed E-state index contributed by atoms with van der Waals surface area (Å²) in [5.74, 6) is 0. The van der Waals surface area contributed by atoms with Crippen LogP contribution < -0.4 is 17.0 Å². The number of anilines is 1. The number of aromatic nitrogens is 1. The topological polar surface area (TPSA) is 74.0 Å². The number of hydrogen-bond acceptors (Lipinski definition) is 3. The zero-order chi connectivity index (χ0) is 9.30. The van der Waals surface area contributed by atoms with Gasteiger partial charge in [0.2, 0.25) is 0 Å². The lowest BCUT2D eigenvalue weighted by Crippen LogP contribution is -2.24. The van der Waals surface area contributed by atoms with Crippen LogP contribution in [-0.2, 0) is 7.05 Å². The number of hydrogen-bond donors (Lipinski definition) is 2. The van der Waals surface area contributed by atoms with Crippen molar-refractivity contribution in [1.82, 2.24) is 4.57 Å². The summed E-state index contributed by atoms with van der Waals surface area (Å²) in [4.78, 5) is 11.1. The molecule has 0 radical (unpaired) electrons. The average molecular weight is 167 g/mol. The Labute approximate surface area is 70.8 Å². The minimum Gasteiger partial charge on any atom is -0.397 e. The summed E-state index contributed by atoms with van der Waals surface area (Å²) in [7, 11) is 1.66. The summed E-state index contributed by atoms with van der Waals surface area (Å²) < 4.78 is 1.47. The van der Waals surface area contributed by atoms with E-state index in [-0.39, 0.29) is 11.6 Å². The molecule has 1 unspecified atom stereocenters. The standard InChI is InChI=1S/C8H13N3O/c1-5(9)8-6(10)3-4-7(12)11(8)2/h3-5H,9-10H2,1-2H3. The molecule has 0 fully saturated rings. The second-order valence-electron chi connectivity index (χ2n) is 2.86. The van der Waals surface area contributed by atoms with Crippen LogP contribution in [0, 0.1) is 0 Å². The molecule has 1 rings (SSSR count). The molecule has 0 saturated carbocycles. The summed E-state index contributed by atoms with van der Waals surface area (Å²) in [5.41, 5.74) is 12.5. The second-order valence-corrected chi connectivity index (χ2v) is 2.86. The van der Waals surface area contributed by atoms with E-state index in [1.54, 1.807) is 20.0 Å². The summed E-state index contributed by atoms with van der Waals surface area (Å²) in [6.45, 7) is 1.80. The Balaban J connectivity index is 3.43. The first-order chi connectivity index (χ1) is 5.54. The van der Waals surface area contributed by atoms with Crippen molar-refractivity contribution >= 4 is 5.69 Å². The Hall–Kier alpha value is -1.29. The first-order valence-electron chi connectivity index (χ1n) is 3.75. The normalized spacial score (nSPS) is 12.9. The molecule has 12 heavy (non-hydrogen) atoms. The van der Waals surface area contributed by atoms with Crippen LogP contribution in [0.2, 0.25) is 0 Å². The molecule has 0 aliphatic rings. The molecule has 4 heteroatoms. The third-order valence-electron chi connectivity index (χ3n) is 1.82. The van der Waals surface area contributed by atoms with E-state index in [9.17, 15) is 4.79 Å². The smallest absolute Gasteiger partial charge is 0.250 e. The molecule has 0 aliphatic heterocycles. The SMILES string of the molecule is CC(N)c1c(N)ccc(=O)n1C. The fourth-order valence-corrected chi connectivity index (χ4v) is 1.24. The number of rotatable bonds is 1. The molecule has 0 amide bonds. The van der Waals surface area contributed by atoms with Gasteiger partial charge in [0.1, 0.15) is 0 Å². The molecule has 1 atom stereocenters. The van der Waals surface area contributed by atoms with Crippen molar-refractivity contribution in [1.29, 1.82) is 0 Å². The number of nitrogens with two attached hydrogens (primary N) is 2. The van der Waals surface area contributed by atoms with Gasteiger partial charge in [-0.1, -0.05) is 0 Å². The maximum Gasteiger partial charge on any atom is 0.250 e. The van der Waals surface area contributed by atoms with Crippen molar-refractivity contribution in [2.45, 2.75) is 13.0 Å². The van der Waals surface area contributed by atoms with E-state index in [1.165, 1.54) is 10.6 Å². The van der Waals surface area contributed by atoms with E-state index < -0.39 is 0 Å². The zero-order valence-corrected chi connectivity index (χ0v) is 7.24. The summed E-state index contributed by atoms with van der Waals surface area (Å²) in [6.07, 6.45) is 0. The van der Waals surface area contributed by atoms with Gasteiger partial charge in [-0.2, -0.15) is 0 Å². The van der Waals surface area contributed by atoms with Crippen molar-refractivity contribution < 1.29 is 0 Å². The molecule has 1 heterocycles. The molecule has 0 spiro atoms. The van der Waals surface area contributed by atoms with Crippen molar-refractivity contribution in [3.63, 3.8) is 0 Å². The highest BCUT2D eigenvalue weighted by molar-refractivity contribution is 5.44. The second kappa shape index (κ2) is 2.98. The molecule has 0 saturated heterocycles. The fraction of sp³-hybridized carbons (Fsp3) is 0.375. The van der Waals surface area contributed by atoms with E-state index in [4.69, 9.17) is 11.5 Å². The quantitative estimate of drug-likeness (QED) is 0.617. The van der Waals surface area contributed by atoms with Crippen LogP contribution >= 0.6 is 0 Å². The molecule has 1 aromatic rings. The number of nitrogen functional groups attached to an aromatic ring is 1. The van der Waals surface area contributed by atoms with Gasteiger partial charge < -0.3 is 16.0 Å². The maximum absolute atomic E-state index is 11.1. The Bertz CT molecular complexity index is 341. The van der Waals surface area contributed by atoms with Crippen LogP contribution in [0.5, 0.6) is 0 Å². The van der Waals surface area contributed by atoms with E-state index >= 15 is 0 Å². The van der Waals surface area contributed by atoms with Crippen LogP contribution in [-0.4, -0.2) is 4.57 Å². The minimum atomic E-state index is -0.219. The highest BCUT2D eigenvalue weighted by Gasteiger charge is 2.08. The van der Waals surface area contributed by atoms with Crippen LogP contribution in [0.3, 0.4) is 0 Å². The van der Waals surface area contributed by atoms with Gasteiger partial charge in [-0.15, -0.1) is 0 Å². The van der Waals surface area contributed by atoms with Gasteiger partial charge in [-0.05, 0) is 13.0 Å². The Morgan fingerprint density at radius 1 is 1.50 bits per heavy atom. The maximum atomic E-state index is 11.1. The molecular formula is C8H13N3O. The van der Waals surface area contributed by atoms with Gasteiger partial charge in [0.05, 0.1) is 11.4 Å². The zero-order valence-electron chi connectivity index (χ0n) is 7.24. The predicted molar refractivity (Wildman–Crippen MR) is 48.7 cm³/mol. The van der Waals surface area contributed by atoms with Crippen LogP contribution in [0.4, 0.5) is 5.69 Å². The molecule has 0 aliphatic carbocycles. The van der Waals surface area contributed by atoms with E-state index in [1.807, 2.05) is 0 Å². The molecule has 4 nitrogen and oxygen atoms in total. The first-order valence-corrected chi connectivity index (χ1v) is 3.75. The third-order valence-corrected chi connectivity index (χ3v) is 1.82. The van der Waals surface area contributed by atoms with Crippen molar-refractivity contribution in [2.24, 2.45) is 12.8 Å². The van der Waals surface area contributed by atoms with Gasteiger partial charge in [0.15, 0.2) is 0 Å². The van der Waals surface area contributed by atoms with E-state index in [0.29, 0.717) is 11.4 Å². The van der Waals surface area contributed by atoms with Crippen molar-refractivity contribution in [3.8, 4) is 0 Å². The monoisotopic (exact) mass is 167 g/mol. The largest absolute Gasteiger partial charge is 0.397 e. The van der Waals surface area contributed by atoms with Gasteiger partial charge in [-0.25, -0.2) is 0 Å². The Kier molecular flexibility index (Phi) is 2.19. The molecule has 0 aromatic carbocycles. The van der Waals surface area contributed by atoms with Gasteiger partial charge in [0, 0.05) is 19.2 Å². The first kappa shape index (κ1) is 8.80. The van der Waals surface area contributed by atoms with Gasteiger partial charge in [0.25, 0.3) is 5.56 Å². The Morgan fingerprint density at radius 3 is 2.50 bits per heavy atom.